The van der Waals surface area contributed by atoms with Gasteiger partial charge in [-0.15, -0.1) is 0 Å². The maximum atomic E-state index is 12.0. The Balaban J connectivity index is 3.15. The third-order valence-corrected chi connectivity index (χ3v) is 4.13. The number of carbonyl (C=O) groups excluding carboxylic acids is 1. The van der Waals surface area contributed by atoms with E-state index in [-0.39, 0.29) is 21.5 Å². The molecule has 0 aliphatic heterocycles. The van der Waals surface area contributed by atoms with Crippen molar-refractivity contribution in [3.63, 3.8) is 0 Å². The van der Waals surface area contributed by atoms with Gasteiger partial charge in [0.1, 0.15) is 4.90 Å². The molecule has 0 aromatic heterocycles. The van der Waals surface area contributed by atoms with Crippen LogP contribution in [0.1, 0.15) is 22.8 Å². The monoisotopic (exact) mass is 320 g/mol. The summed E-state index contributed by atoms with van der Waals surface area (Å²) in [4.78, 5) is 11.8. The average Bonchev–Trinajstić information content (AvgIpc) is 2.30. The fraction of sp³-hybridized carbons (Fsp3) is 0.417. The molecule has 112 valence electrons. The molecule has 6 nitrogen and oxygen atoms in total. The van der Waals surface area contributed by atoms with Gasteiger partial charge < -0.3 is 10.1 Å². The number of ether oxygens (including phenoxy) is 1. The van der Waals surface area contributed by atoms with Gasteiger partial charge in [-0.3, -0.25) is 4.79 Å². The summed E-state index contributed by atoms with van der Waals surface area (Å²) in [7, 11) is -2.47. The molecule has 3 N–H and O–H groups in total. The number of halogens is 1. The number of hydrogen-bond acceptors (Lipinski definition) is 4. The molecule has 0 heterocycles. The molecule has 1 aromatic rings. The van der Waals surface area contributed by atoms with Crippen molar-refractivity contribution < 1.29 is 17.9 Å². The van der Waals surface area contributed by atoms with Gasteiger partial charge in [-0.1, -0.05) is 11.6 Å². The van der Waals surface area contributed by atoms with Crippen LogP contribution in [-0.4, -0.2) is 34.1 Å². The van der Waals surface area contributed by atoms with E-state index in [1.165, 1.54) is 19.2 Å². The molecule has 8 heteroatoms. The van der Waals surface area contributed by atoms with Crippen molar-refractivity contribution >= 4 is 27.5 Å². The molecule has 0 spiro atoms. The largest absolute Gasteiger partial charge is 0.383 e. The second kappa shape index (κ2) is 6.53. The van der Waals surface area contributed by atoms with Gasteiger partial charge >= 0.3 is 0 Å². The molecule has 0 bridgehead atoms. The van der Waals surface area contributed by atoms with Gasteiger partial charge in [0, 0.05) is 18.7 Å². The fourth-order valence-electron chi connectivity index (χ4n) is 1.67. The van der Waals surface area contributed by atoms with Gasteiger partial charge in [0.05, 0.1) is 11.6 Å². The summed E-state index contributed by atoms with van der Waals surface area (Å²) in [6.07, 6.45) is 0. The molecular weight excluding hydrogens is 304 g/mol. The average molecular weight is 321 g/mol. The molecule has 1 aromatic carbocycles. The minimum atomic E-state index is -3.99. The second-order valence-electron chi connectivity index (χ2n) is 4.48. The number of aryl methyl sites for hydroxylation is 1. The number of benzene rings is 1. The zero-order valence-electron chi connectivity index (χ0n) is 11.4. The lowest BCUT2D eigenvalue weighted by Gasteiger charge is -2.14. The number of nitrogens with two attached hydrogens (primary N) is 1. The van der Waals surface area contributed by atoms with Crippen LogP contribution < -0.4 is 10.5 Å². The first-order chi connectivity index (χ1) is 9.16. The number of sulfonamides is 1. The minimum Gasteiger partial charge on any atom is -0.383 e. The van der Waals surface area contributed by atoms with Crippen molar-refractivity contribution in [2.45, 2.75) is 24.8 Å². The van der Waals surface area contributed by atoms with Gasteiger partial charge in [0.2, 0.25) is 10.0 Å². The number of carbonyl (C=O) groups is 1. The Labute approximate surface area is 123 Å². The first kappa shape index (κ1) is 16.9. The topological polar surface area (TPSA) is 98.5 Å². The number of nitrogens with one attached hydrogen (secondary N) is 1. The molecule has 0 aliphatic rings. The van der Waals surface area contributed by atoms with Crippen LogP contribution in [0.3, 0.4) is 0 Å². The van der Waals surface area contributed by atoms with E-state index in [0.29, 0.717) is 12.2 Å². The lowest BCUT2D eigenvalue weighted by Crippen LogP contribution is -2.35. The molecule has 1 rings (SSSR count). The Hall–Kier alpha value is -1.15. The van der Waals surface area contributed by atoms with Crippen LogP contribution >= 0.6 is 11.6 Å². The Bertz CT molecular complexity index is 616. The Morgan fingerprint density at radius 2 is 2.10 bits per heavy atom. The van der Waals surface area contributed by atoms with E-state index in [9.17, 15) is 13.2 Å². The van der Waals surface area contributed by atoms with Crippen LogP contribution in [0.25, 0.3) is 0 Å². The highest BCUT2D eigenvalue weighted by Crippen LogP contribution is 2.25. The zero-order chi connectivity index (χ0) is 15.5. The van der Waals surface area contributed by atoms with Gasteiger partial charge in [-0.25, -0.2) is 13.6 Å². The molecule has 0 saturated carbocycles. The molecule has 0 saturated heterocycles. The first-order valence-corrected chi connectivity index (χ1v) is 7.72. The van der Waals surface area contributed by atoms with Gasteiger partial charge in [-0.2, -0.15) is 0 Å². The number of primary sulfonamides is 1. The smallest absolute Gasteiger partial charge is 0.251 e. The molecule has 0 aliphatic carbocycles. The highest BCUT2D eigenvalue weighted by atomic mass is 35.5. The summed E-state index contributed by atoms with van der Waals surface area (Å²) in [5.41, 5.74) is 0.640. The quantitative estimate of drug-likeness (QED) is 0.847. The molecule has 0 fully saturated rings. The first-order valence-electron chi connectivity index (χ1n) is 5.79. The van der Waals surface area contributed by atoms with Crippen LogP contribution in [-0.2, 0) is 14.8 Å². The highest BCUT2D eigenvalue weighted by molar-refractivity contribution is 7.89. The van der Waals surface area contributed by atoms with Gasteiger partial charge in [0.25, 0.3) is 5.91 Å². The number of amides is 1. The molecule has 1 atom stereocenters. The normalized spacial score (nSPS) is 13.1. The third-order valence-electron chi connectivity index (χ3n) is 2.58. The SMILES string of the molecule is COCC(C)NC(=O)c1cc(C)c(Cl)c(S(N)(=O)=O)c1. The molecule has 0 radical (unpaired) electrons. The van der Waals surface area contributed by atoms with Crippen molar-refractivity contribution in [3.05, 3.63) is 28.3 Å². The van der Waals surface area contributed by atoms with E-state index in [4.69, 9.17) is 21.5 Å². The van der Waals surface area contributed by atoms with E-state index in [2.05, 4.69) is 5.32 Å². The fourth-order valence-corrected chi connectivity index (χ4v) is 2.81. The number of methoxy groups -OCH3 is 1. The molecule has 1 unspecified atom stereocenters. The minimum absolute atomic E-state index is 0.0222. The van der Waals surface area contributed by atoms with E-state index in [0.717, 1.165) is 0 Å². The highest BCUT2D eigenvalue weighted by Gasteiger charge is 2.19. The predicted octanol–water partition coefficient (Wildman–Crippen LogP) is 1.06. The van der Waals surface area contributed by atoms with Gasteiger partial charge in [-0.05, 0) is 31.5 Å². The van der Waals surface area contributed by atoms with Crippen molar-refractivity contribution in [1.82, 2.24) is 5.32 Å². The van der Waals surface area contributed by atoms with E-state index in [1.807, 2.05) is 0 Å². The Kier molecular flexibility index (Phi) is 5.52. The lowest BCUT2D eigenvalue weighted by atomic mass is 10.1. The van der Waals surface area contributed by atoms with Crippen molar-refractivity contribution in [1.29, 1.82) is 0 Å². The summed E-state index contributed by atoms with van der Waals surface area (Å²) in [6, 6.07) is 2.46. The third kappa shape index (κ3) is 4.17. The van der Waals surface area contributed by atoms with Crippen LogP contribution in [0, 0.1) is 6.92 Å². The second-order valence-corrected chi connectivity index (χ2v) is 6.39. The molecular formula is C12H17ClN2O4S. The summed E-state index contributed by atoms with van der Waals surface area (Å²) in [5, 5.41) is 7.78. The van der Waals surface area contributed by atoms with Gasteiger partial charge in [0.15, 0.2) is 0 Å². The van der Waals surface area contributed by atoms with Crippen molar-refractivity contribution in [2.75, 3.05) is 13.7 Å². The van der Waals surface area contributed by atoms with Crippen molar-refractivity contribution in [2.24, 2.45) is 5.14 Å². The lowest BCUT2D eigenvalue weighted by molar-refractivity contribution is 0.0905. The molecule has 1 amide bonds. The maximum Gasteiger partial charge on any atom is 0.251 e. The van der Waals surface area contributed by atoms with Crippen molar-refractivity contribution in [3.8, 4) is 0 Å². The predicted molar refractivity (Wildman–Crippen MR) is 76.4 cm³/mol. The summed E-state index contributed by atoms with van der Waals surface area (Å²) in [6.45, 7) is 3.72. The summed E-state index contributed by atoms with van der Waals surface area (Å²) < 4.78 is 27.8. The summed E-state index contributed by atoms with van der Waals surface area (Å²) in [5.74, 6) is -0.417. The van der Waals surface area contributed by atoms with Crippen LogP contribution in [0.4, 0.5) is 0 Å². The van der Waals surface area contributed by atoms with Crippen LogP contribution in [0.2, 0.25) is 5.02 Å². The summed E-state index contributed by atoms with van der Waals surface area (Å²) >= 11 is 5.90. The molecule has 20 heavy (non-hydrogen) atoms. The van der Waals surface area contributed by atoms with E-state index in [1.54, 1.807) is 13.8 Å². The van der Waals surface area contributed by atoms with E-state index < -0.39 is 15.9 Å². The standard InChI is InChI=1S/C12H17ClN2O4S/c1-7-4-9(12(16)15-8(2)6-19-3)5-10(11(7)13)20(14,17)18/h4-5,8H,6H2,1-3H3,(H,15,16)(H2,14,17,18). The van der Waals surface area contributed by atoms with E-state index >= 15 is 0 Å². The number of rotatable bonds is 5. The maximum absolute atomic E-state index is 12.0. The Morgan fingerprint density at radius 3 is 2.60 bits per heavy atom. The van der Waals surface area contributed by atoms with Crippen LogP contribution in [0.15, 0.2) is 17.0 Å². The zero-order valence-corrected chi connectivity index (χ0v) is 13.0. The van der Waals surface area contributed by atoms with Crippen LogP contribution in [0.5, 0.6) is 0 Å². The Morgan fingerprint density at radius 1 is 1.50 bits per heavy atom. The number of hydrogen-bond donors (Lipinski definition) is 2.